The third kappa shape index (κ3) is 1.61. The molecule has 13 heavy (non-hydrogen) atoms. The summed E-state index contributed by atoms with van der Waals surface area (Å²) in [6.45, 7) is 2.03. The molecule has 0 amide bonds. The van der Waals surface area contributed by atoms with E-state index >= 15 is 0 Å². The highest BCUT2D eigenvalue weighted by molar-refractivity contribution is 5.10. The number of aryl methyl sites for hydroxylation is 2. The SMILES string of the molecule is Cc1cc(CC2CCC2N)n(C)n1. The van der Waals surface area contributed by atoms with Gasteiger partial charge in [0.25, 0.3) is 0 Å². The van der Waals surface area contributed by atoms with Crippen LogP contribution in [0, 0.1) is 12.8 Å². The summed E-state index contributed by atoms with van der Waals surface area (Å²) in [6, 6.07) is 2.58. The lowest BCUT2D eigenvalue weighted by Crippen LogP contribution is -2.40. The molecule has 0 spiro atoms. The number of hydrogen-bond acceptors (Lipinski definition) is 2. The molecule has 2 unspecified atom stereocenters. The smallest absolute Gasteiger partial charge is 0.0596 e. The van der Waals surface area contributed by atoms with E-state index in [0.29, 0.717) is 12.0 Å². The Morgan fingerprint density at radius 2 is 2.38 bits per heavy atom. The first-order chi connectivity index (χ1) is 6.16. The Kier molecular flexibility index (Phi) is 2.12. The Bertz CT molecular complexity index is 303. The van der Waals surface area contributed by atoms with Gasteiger partial charge in [-0.25, -0.2) is 0 Å². The Morgan fingerprint density at radius 3 is 2.77 bits per heavy atom. The zero-order valence-electron chi connectivity index (χ0n) is 8.33. The van der Waals surface area contributed by atoms with Crippen molar-refractivity contribution in [1.29, 1.82) is 0 Å². The molecule has 1 aromatic heterocycles. The summed E-state index contributed by atoms with van der Waals surface area (Å²) in [6.07, 6.45) is 3.57. The molecule has 0 bridgehead atoms. The largest absolute Gasteiger partial charge is 0.327 e. The van der Waals surface area contributed by atoms with E-state index in [0.717, 1.165) is 12.1 Å². The van der Waals surface area contributed by atoms with Gasteiger partial charge in [-0.05, 0) is 38.2 Å². The highest BCUT2D eigenvalue weighted by atomic mass is 15.3. The van der Waals surface area contributed by atoms with Gasteiger partial charge in [0.2, 0.25) is 0 Å². The fourth-order valence-electron chi connectivity index (χ4n) is 1.97. The summed E-state index contributed by atoms with van der Waals surface area (Å²) in [5.41, 5.74) is 8.32. The van der Waals surface area contributed by atoms with Crippen LogP contribution in [-0.2, 0) is 13.5 Å². The van der Waals surface area contributed by atoms with Crippen molar-refractivity contribution in [2.75, 3.05) is 0 Å². The Balaban J connectivity index is 2.04. The van der Waals surface area contributed by atoms with E-state index in [4.69, 9.17) is 5.73 Å². The Hall–Kier alpha value is -0.830. The summed E-state index contributed by atoms with van der Waals surface area (Å²) < 4.78 is 1.97. The topological polar surface area (TPSA) is 43.8 Å². The van der Waals surface area contributed by atoms with Gasteiger partial charge < -0.3 is 5.73 Å². The minimum Gasteiger partial charge on any atom is -0.327 e. The van der Waals surface area contributed by atoms with Gasteiger partial charge in [-0.3, -0.25) is 4.68 Å². The summed E-state index contributed by atoms with van der Waals surface area (Å²) >= 11 is 0. The average Bonchev–Trinajstić information content (AvgIpc) is 2.38. The van der Waals surface area contributed by atoms with Crippen molar-refractivity contribution in [2.24, 2.45) is 18.7 Å². The van der Waals surface area contributed by atoms with Crippen molar-refractivity contribution in [3.63, 3.8) is 0 Å². The third-order valence-corrected chi connectivity index (χ3v) is 3.05. The molecule has 0 radical (unpaired) electrons. The second kappa shape index (κ2) is 3.14. The summed E-state index contributed by atoms with van der Waals surface area (Å²) in [5, 5.41) is 4.32. The molecule has 0 aliphatic heterocycles. The fourth-order valence-corrected chi connectivity index (χ4v) is 1.97. The van der Waals surface area contributed by atoms with Crippen LogP contribution in [0.4, 0.5) is 0 Å². The van der Waals surface area contributed by atoms with Gasteiger partial charge in [-0.15, -0.1) is 0 Å². The fraction of sp³-hybridized carbons (Fsp3) is 0.700. The maximum absolute atomic E-state index is 5.90. The molecule has 2 rings (SSSR count). The van der Waals surface area contributed by atoms with E-state index in [1.54, 1.807) is 0 Å². The molecule has 2 N–H and O–H groups in total. The molecule has 0 aromatic carbocycles. The third-order valence-electron chi connectivity index (χ3n) is 3.05. The van der Waals surface area contributed by atoms with Gasteiger partial charge in [-0.1, -0.05) is 0 Å². The van der Waals surface area contributed by atoms with Gasteiger partial charge in [-0.2, -0.15) is 5.10 Å². The van der Waals surface area contributed by atoms with Gasteiger partial charge in [0.05, 0.1) is 5.69 Å². The van der Waals surface area contributed by atoms with Crippen LogP contribution in [0.5, 0.6) is 0 Å². The first kappa shape index (κ1) is 8.75. The van der Waals surface area contributed by atoms with Crippen LogP contribution in [-0.4, -0.2) is 15.8 Å². The minimum atomic E-state index is 0.426. The average molecular weight is 179 g/mol. The second-order valence-corrected chi connectivity index (χ2v) is 4.11. The quantitative estimate of drug-likeness (QED) is 0.736. The van der Waals surface area contributed by atoms with E-state index in [1.165, 1.54) is 18.5 Å². The highest BCUT2D eigenvalue weighted by Gasteiger charge is 2.28. The lowest BCUT2D eigenvalue weighted by atomic mass is 9.77. The zero-order chi connectivity index (χ0) is 9.42. The summed E-state index contributed by atoms with van der Waals surface area (Å²) in [7, 11) is 2.01. The maximum atomic E-state index is 5.90. The van der Waals surface area contributed by atoms with Crippen molar-refractivity contribution < 1.29 is 0 Å². The van der Waals surface area contributed by atoms with E-state index < -0.39 is 0 Å². The molecule has 1 heterocycles. The molecule has 1 aliphatic carbocycles. The first-order valence-electron chi connectivity index (χ1n) is 4.92. The van der Waals surface area contributed by atoms with E-state index in [1.807, 2.05) is 18.7 Å². The van der Waals surface area contributed by atoms with Crippen LogP contribution in [0.2, 0.25) is 0 Å². The normalized spacial score (nSPS) is 27.3. The van der Waals surface area contributed by atoms with E-state index in [-0.39, 0.29) is 0 Å². The lowest BCUT2D eigenvalue weighted by Gasteiger charge is -2.33. The van der Waals surface area contributed by atoms with Crippen LogP contribution < -0.4 is 5.73 Å². The zero-order valence-corrected chi connectivity index (χ0v) is 8.33. The van der Waals surface area contributed by atoms with E-state index in [9.17, 15) is 0 Å². The molecular formula is C10H17N3. The van der Waals surface area contributed by atoms with Gasteiger partial charge >= 0.3 is 0 Å². The minimum absolute atomic E-state index is 0.426. The van der Waals surface area contributed by atoms with Gasteiger partial charge in [0, 0.05) is 18.8 Å². The van der Waals surface area contributed by atoms with Crippen LogP contribution in [0.1, 0.15) is 24.2 Å². The van der Waals surface area contributed by atoms with Gasteiger partial charge in [0.1, 0.15) is 0 Å². The predicted octanol–water partition coefficient (Wildman–Crippen LogP) is 1.01. The Labute approximate surface area is 78.9 Å². The molecular weight excluding hydrogens is 162 g/mol. The van der Waals surface area contributed by atoms with Crippen molar-refractivity contribution in [1.82, 2.24) is 9.78 Å². The van der Waals surface area contributed by atoms with E-state index in [2.05, 4.69) is 11.2 Å². The van der Waals surface area contributed by atoms with Crippen molar-refractivity contribution >= 4 is 0 Å². The highest BCUT2D eigenvalue weighted by Crippen LogP contribution is 2.28. The van der Waals surface area contributed by atoms with Crippen molar-refractivity contribution in [3.05, 3.63) is 17.5 Å². The molecule has 1 fully saturated rings. The van der Waals surface area contributed by atoms with Crippen LogP contribution >= 0.6 is 0 Å². The maximum Gasteiger partial charge on any atom is 0.0596 e. The molecule has 1 aromatic rings. The molecule has 0 saturated heterocycles. The van der Waals surface area contributed by atoms with Crippen LogP contribution in [0.25, 0.3) is 0 Å². The molecule has 3 nitrogen and oxygen atoms in total. The molecule has 3 heteroatoms. The van der Waals surface area contributed by atoms with Crippen molar-refractivity contribution in [2.45, 2.75) is 32.2 Å². The summed E-state index contributed by atoms with van der Waals surface area (Å²) in [5.74, 6) is 0.690. The van der Waals surface area contributed by atoms with Crippen LogP contribution in [0.3, 0.4) is 0 Å². The first-order valence-corrected chi connectivity index (χ1v) is 4.92. The predicted molar refractivity (Wildman–Crippen MR) is 52.3 cm³/mol. The second-order valence-electron chi connectivity index (χ2n) is 4.11. The molecule has 1 aliphatic rings. The Morgan fingerprint density at radius 1 is 1.62 bits per heavy atom. The lowest BCUT2D eigenvalue weighted by molar-refractivity contribution is 0.252. The molecule has 72 valence electrons. The standard InChI is InChI=1S/C10H17N3/c1-7-5-9(13(2)12-7)6-8-3-4-10(8)11/h5,8,10H,3-4,6,11H2,1-2H3. The summed E-state index contributed by atoms with van der Waals surface area (Å²) in [4.78, 5) is 0. The molecule has 2 atom stereocenters. The monoisotopic (exact) mass is 179 g/mol. The molecule has 1 saturated carbocycles. The number of aromatic nitrogens is 2. The number of hydrogen-bond donors (Lipinski definition) is 1. The number of rotatable bonds is 2. The number of nitrogens with zero attached hydrogens (tertiary/aromatic N) is 2. The van der Waals surface area contributed by atoms with Crippen molar-refractivity contribution in [3.8, 4) is 0 Å². The number of nitrogens with two attached hydrogens (primary N) is 1. The van der Waals surface area contributed by atoms with Crippen LogP contribution in [0.15, 0.2) is 6.07 Å². The van der Waals surface area contributed by atoms with Gasteiger partial charge in [0.15, 0.2) is 0 Å².